The van der Waals surface area contributed by atoms with Crippen molar-refractivity contribution in [3.05, 3.63) is 106 Å². The highest BCUT2D eigenvalue weighted by Gasteiger charge is 2.34. The van der Waals surface area contributed by atoms with E-state index in [1.165, 1.54) is 36.8 Å². The third-order valence-corrected chi connectivity index (χ3v) is 6.88. The van der Waals surface area contributed by atoms with Crippen molar-refractivity contribution in [2.24, 2.45) is 0 Å². The monoisotopic (exact) mass is 516 g/mol. The minimum Gasteiger partial charge on any atom is -0.351 e. The molecule has 1 amide bonds. The molecule has 1 atom stereocenters. The van der Waals surface area contributed by atoms with Crippen molar-refractivity contribution in [2.45, 2.75) is 58.4 Å². The number of hydrogen-bond donors (Lipinski definition) is 1. The molecule has 3 aromatic rings. The van der Waals surface area contributed by atoms with E-state index in [-0.39, 0.29) is 11.9 Å². The topological polar surface area (TPSA) is 32.3 Å². The highest BCUT2D eigenvalue weighted by atomic mass is 79.9. The van der Waals surface area contributed by atoms with Crippen LogP contribution >= 0.6 is 15.9 Å². The molecular weight excluding hydrogens is 484 g/mol. The predicted molar refractivity (Wildman–Crippen MR) is 146 cm³/mol. The maximum Gasteiger partial charge on any atom is 0.275 e. The summed E-state index contributed by atoms with van der Waals surface area (Å²) in [4.78, 5) is 15.5. The van der Waals surface area contributed by atoms with E-state index in [4.69, 9.17) is 0 Å². The first-order chi connectivity index (χ1) is 16.6. The minimum absolute atomic E-state index is 0.00992. The zero-order valence-electron chi connectivity index (χ0n) is 20.1. The maximum atomic E-state index is 13.6. The standard InChI is InChI=1S/C30H33BrN2O/c1-3-5-7-22-9-17-26(18-10-22)32-28-21-29(24-13-15-25(31)16-14-24)33(30(28)34)27-19-11-23(12-20-27)8-6-4-2/h9-21,29,32H,3-8H2,1-2H3/t29-/m1/s1. The normalized spacial score (nSPS) is 15.5. The van der Waals surface area contributed by atoms with E-state index in [0.717, 1.165) is 34.3 Å². The number of aryl methyl sites for hydroxylation is 2. The highest BCUT2D eigenvalue weighted by molar-refractivity contribution is 9.10. The third kappa shape index (κ3) is 5.79. The number of benzene rings is 3. The van der Waals surface area contributed by atoms with Crippen molar-refractivity contribution in [1.82, 2.24) is 0 Å². The first-order valence-corrected chi connectivity index (χ1v) is 13.1. The first kappa shape index (κ1) is 24.3. The fourth-order valence-corrected chi connectivity index (χ4v) is 4.60. The quantitative estimate of drug-likeness (QED) is 0.294. The van der Waals surface area contributed by atoms with Crippen LogP contribution in [0.3, 0.4) is 0 Å². The second-order valence-electron chi connectivity index (χ2n) is 8.95. The van der Waals surface area contributed by atoms with Gasteiger partial charge in [0.1, 0.15) is 5.70 Å². The van der Waals surface area contributed by atoms with Crippen LogP contribution in [0.5, 0.6) is 0 Å². The van der Waals surface area contributed by atoms with Crippen LogP contribution in [-0.4, -0.2) is 5.91 Å². The summed E-state index contributed by atoms with van der Waals surface area (Å²) in [7, 11) is 0. The van der Waals surface area contributed by atoms with Gasteiger partial charge in [-0.25, -0.2) is 0 Å². The molecule has 34 heavy (non-hydrogen) atoms. The number of halogens is 1. The van der Waals surface area contributed by atoms with Crippen LogP contribution in [0, 0.1) is 0 Å². The van der Waals surface area contributed by atoms with Gasteiger partial charge in [0.2, 0.25) is 0 Å². The summed E-state index contributed by atoms with van der Waals surface area (Å²) in [5.74, 6) is -0.00992. The molecule has 1 aliphatic heterocycles. The van der Waals surface area contributed by atoms with Gasteiger partial charge in [-0.1, -0.05) is 79.0 Å². The minimum atomic E-state index is -0.159. The van der Waals surface area contributed by atoms with Crippen molar-refractivity contribution in [1.29, 1.82) is 0 Å². The number of unbranched alkanes of at least 4 members (excludes halogenated alkanes) is 2. The van der Waals surface area contributed by atoms with Crippen LogP contribution in [0.25, 0.3) is 0 Å². The van der Waals surface area contributed by atoms with Gasteiger partial charge < -0.3 is 5.32 Å². The van der Waals surface area contributed by atoms with E-state index in [0.29, 0.717) is 5.70 Å². The highest BCUT2D eigenvalue weighted by Crippen LogP contribution is 2.36. The number of carbonyl (C=O) groups excluding carboxylic acids is 1. The third-order valence-electron chi connectivity index (χ3n) is 6.35. The molecule has 1 heterocycles. The summed E-state index contributed by atoms with van der Waals surface area (Å²) in [6.45, 7) is 4.42. The Bertz CT molecular complexity index is 1120. The van der Waals surface area contributed by atoms with Crippen molar-refractivity contribution in [2.75, 3.05) is 10.2 Å². The summed E-state index contributed by atoms with van der Waals surface area (Å²) >= 11 is 3.52. The molecule has 0 unspecified atom stereocenters. The zero-order chi connectivity index (χ0) is 23.9. The lowest BCUT2D eigenvalue weighted by molar-refractivity contribution is -0.114. The molecule has 0 spiro atoms. The fourth-order valence-electron chi connectivity index (χ4n) is 4.33. The molecule has 1 N–H and O–H groups in total. The molecule has 0 radical (unpaired) electrons. The molecule has 0 fully saturated rings. The summed E-state index contributed by atoms with van der Waals surface area (Å²) in [5.41, 5.74) is 6.19. The van der Waals surface area contributed by atoms with Crippen LogP contribution < -0.4 is 10.2 Å². The second-order valence-corrected chi connectivity index (χ2v) is 9.86. The van der Waals surface area contributed by atoms with Crippen LogP contribution in [0.2, 0.25) is 0 Å². The Morgan fingerprint density at radius 2 is 1.35 bits per heavy atom. The Labute approximate surface area is 212 Å². The van der Waals surface area contributed by atoms with Crippen molar-refractivity contribution in [3.8, 4) is 0 Å². The molecule has 176 valence electrons. The van der Waals surface area contributed by atoms with Crippen molar-refractivity contribution < 1.29 is 4.79 Å². The molecule has 0 bridgehead atoms. The smallest absolute Gasteiger partial charge is 0.275 e. The lowest BCUT2D eigenvalue weighted by atomic mass is 10.0. The number of hydrogen-bond acceptors (Lipinski definition) is 2. The van der Waals surface area contributed by atoms with Gasteiger partial charge >= 0.3 is 0 Å². The molecule has 3 aromatic carbocycles. The van der Waals surface area contributed by atoms with Gasteiger partial charge in [-0.05, 0) is 84.8 Å². The van der Waals surface area contributed by atoms with Gasteiger partial charge in [0.05, 0.1) is 6.04 Å². The van der Waals surface area contributed by atoms with Crippen LogP contribution in [0.4, 0.5) is 11.4 Å². The Morgan fingerprint density at radius 3 is 1.91 bits per heavy atom. The van der Waals surface area contributed by atoms with E-state index in [1.807, 2.05) is 23.1 Å². The summed E-state index contributed by atoms with van der Waals surface area (Å²) in [6, 6.07) is 24.9. The SMILES string of the molecule is CCCCc1ccc(NC2=C[C@H](c3ccc(Br)cc3)N(c3ccc(CCCC)cc3)C2=O)cc1. The van der Waals surface area contributed by atoms with Gasteiger partial charge in [0.15, 0.2) is 0 Å². The number of nitrogens with zero attached hydrogens (tertiary/aromatic N) is 1. The Kier molecular flexibility index (Phi) is 8.23. The molecule has 0 saturated carbocycles. The number of rotatable bonds is 10. The molecule has 0 aliphatic carbocycles. The summed E-state index contributed by atoms with van der Waals surface area (Å²) < 4.78 is 1.03. The maximum absolute atomic E-state index is 13.6. The van der Waals surface area contributed by atoms with Gasteiger partial charge in [0.25, 0.3) is 5.91 Å². The lowest BCUT2D eigenvalue weighted by Crippen LogP contribution is -2.30. The lowest BCUT2D eigenvalue weighted by Gasteiger charge is -2.25. The average Bonchev–Trinajstić information content (AvgIpc) is 3.18. The van der Waals surface area contributed by atoms with Gasteiger partial charge in [-0.2, -0.15) is 0 Å². The Balaban J connectivity index is 1.59. The van der Waals surface area contributed by atoms with Crippen molar-refractivity contribution in [3.63, 3.8) is 0 Å². The first-order valence-electron chi connectivity index (χ1n) is 12.3. The average molecular weight is 518 g/mol. The molecule has 0 aromatic heterocycles. The van der Waals surface area contributed by atoms with E-state index in [2.05, 4.69) is 95.8 Å². The van der Waals surface area contributed by atoms with Crippen LogP contribution in [-0.2, 0) is 17.6 Å². The molecular formula is C30H33BrN2O. The van der Waals surface area contributed by atoms with Gasteiger partial charge in [0, 0.05) is 15.8 Å². The molecule has 0 saturated heterocycles. The molecule has 1 aliphatic rings. The zero-order valence-corrected chi connectivity index (χ0v) is 21.6. The van der Waals surface area contributed by atoms with E-state index in [9.17, 15) is 4.79 Å². The summed E-state index contributed by atoms with van der Waals surface area (Å²) in [5, 5.41) is 3.38. The van der Waals surface area contributed by atoms with Crippen LogP contribution in [0.15, 0.2) is 89.0 Å². The molecule has 4 rings (SSSR count). The second kappa shape index (κ2) is 11.5. The Hall–Kier alpha value is -2.85. The number of nitrogens with one attached hydrogen (secondary N) is 1. The van der Waals surface area contributed by atoms with E-state index in [1.54, 1.807) is 0 Å². The fraction of sp³-hybridized carbons (Fsp3) is 0.300. The Morgan fingerprint density at radius 1 is 0.794 bits per heavy atom. The predicted octanol–water partition coefficient (Wildman–Crippen LogP) is 8.22. The molecule has 3 nitrogen and oxygen atoms in total. The number of anilines is 2. The van der Waals surface area contributed by atoms with Gasteiger partial charge in [-0.3, -0.25) is 9.69 Å². The number of carbonyl (C=O) groups is 1. The van der Waals surface area contributed by atoms with Crippen LogP contribution in [0.1, 0.15) is 62.3 Å². The van der Waals surface area contributed by atoms with Crippen molar-refractivity contribution >= 4 is 33.2 Å². The largest absolute Gasteiger partial charge is 0.351 e. The molecule has 4 heteroatoms. The van der Waals surface area contributed by atoms with E-state index < -0.39 is 0 Å². The van der Waals surface area contributed by atoms with E-state index >= 15 is 0 Å². The summed E-state index contributed by atoms with van der Waals surface area (Å²) in [6.07, 6.45) is 8.94. The van der Waals surface area contributed by atoms with Gasteiger partial charge in [-0.15, -0.1) is 0 Å². The number of amides is 1.